The minimum Gasteiger partial charge on any atom is -0.490 e. The van der Waals surface area contributed by atoms with Crippen LogP contribution in [0.15, 0.2) is 36.4 Å². The lowest BCUT2D eigenvalue weighted by atomic mass is 10.0. The van der Waals surface area contributed by atoms with Crippen LogP contribution in [0.25, 0.3) is 10.8 Å². The van der Waals surface area contributed by atoms with Crippen molar-refractivity contribution in [1.29, 1.82) is 0 Å². The highest BCUT2D eigenvalue weighted by atomic mass is 16.5. The van der Waals surface area contributed by atoms with Crippen molar-refractivity contribution in [2.24, 2.45) is 5.92 Å². The van der Waals surface area contributed by atoms with Crippen molar-refractivity contribution in [2.45, 2.75) is 65.6 Å². The van der Waals surface area contributed by atoms with Gasteiger partial charge in [-0.1, -0.05) is 57.4 Å². The van der Waals surface area contributed by atoms with E-state index in [4.69, 9.17) is 14.2 Å². The standard InChI is InChI=1S/C24H36O4/c1-5-7-10-19(6-2)15-26-16-20(25)17-27-23-13-14-24(28-18(3)4)22-12-9-8-11-21(22)23/h8-9,11-14,18-20,25H,5-7,10,15-17H2,1-4H3. The van der Waals surface area contributed by atoms with Gasteiger partial charge in [0.2, 0.25) is 0 Å². The summed E-state index contributed by atoms with van der Waals surface area (Å²) in [6.45, 7) is 9.65. The highest BCUT2D eigenvalue weighted by Crippen LogP contribution is 2.33. The first-order chi connectivity index (χ1) is 13.5. The largest absolute Gasteiger partial charge is 0.490 e. The van der Waals surface area contributed by atoms with Gasteiger partial charge in [-0.3, -0.25) is 0 Å². The highest BCUT2D eigenvalue weighted by molar-refractivity contribution is 5.93. The van der Waals surface area contributed by atoms with Crippen LogP contribution < -0.4 is 9.47 Å². The maximum Gasteiger partial charge on any atom is 0.127 e. The Kier molecular flexibility index (Phi) is 9.59. The van der Waals surface area contributed by atoms with E-state index in [1.165, 1.54) is 19.3 Å². The SMILES string of the molecule is CCCCC(CC)COCC(O)COc1ccc(OC(C)C)c2ccccc12. The minimum atomic E-state index is -0.644. The summed E-state index contributed by atoms with van der Waals surface area (Å²) in [5.74, 6) is 2.17. The first kappa shape index (κ1) is 22.5. The first-order valence-electron chi connectivity index (χ1n) is 10.6. The third-order valence-corrected chi connectivity index (χ3v) is 4.85. The molecule has 0 amide bonds. The molecule has 156 valence electrons. The molecular weight excluding hydrogens is 352 g/mol. The average molecular weight is 389 g/mol. The number of ether oxygens (including phenoxy) is 3. The molecule has 0 aliphatic carbocycles. The molecule has 0 radical (unpaired) electrons. The van der Waals surface area contributed by atoms with Crippen LogP contribution in [-0.4, -0.2) is 37.1 Å². The van der Waals surface area contributed by atoms with Gasteiger partial charge in [0.15, 0.2) is 0 Å². The van der Waals surface area contributed by atoms with Gasteiger partial charge in [-0.15, -0.1) is 0 Å². The van der Waals surface area contributed by atoms with Crippen LogP contribution in [0.5, 0.6) is 11.5 Å². The summed E-state index contributed by atoms with van der Waals surface area (Å²) >= 11 is 0. The third-order valence-electron chi connectivity index (χ3n) is 4.85. The smallest absolute Gasteiger partial charge is 0.127 e. The molecule has 0 fully saturated rings. The summed E-state index contributed by atoms with van der Waals surface area (Å²) in [7, 11) is 0. The second-order valence-electron chi connectivity index (χ2n) is 7.69. The summed E-state index contributed by atoms with van der Waals surface area (Å²) in [6.07, 6.45) is 4.21. The quantitative estimate of drug-likeness (QED) is 0.485. The molecule has 0 aromatic heterocycles. The second kappa shape index (κ2) is 11.9. The fraction of sp³-hybridized carbons (Fsp3) is 0.583. The van der Waals surface area contributed by atoms with Crippen LogP contribution in [0.4, 0.5) is 0 Å². The third kappa shape index (κ3) is 6.99. The Morgan fingerprint density at radius 3 is 2.21 bits per heavy atom. The normalized spacial score (nSPS) is 13.6. The number of rotatable bonds is 13. The number of fused-ring (bicyclic) bond motifs is 1. The van der Waals surface area contributed by atoms with Gasteiger partial charge in [-0.2, -0.15) is 0 Å². The zero-order valence-corrected chi connectivity index (χ0v) is 17.8. The lowest BCUT2D eigenvalue weighted by molar-refractivity contribution is -0.000854. The van der Waals surface area contributed by atoms with Crippen LogP contribution in [0.3, 0.4) is 0 Å². The summed E-state index contributed by atoms with van der Waals surface area (Å²) < 4.78 is 17.5. The van der Waals surface area contributed by atoms with Gasteiger partial charge in [0.25, 0.3) is 0 Å². The molecule has 0 spiro atoms. The molecule has 2 unspecified atom stereocenters. The Balaban J connectivity index is 1.89. The van der Waals surface area contributed by atoms with E-state index in [9.17, 15) is 5.11 Å². The van der Waals surface area contributed by atoms with Gasteiger partial charge in [-0.05, 0) is 38.3 Å². The summed E-state index contributed by atoms with van der Waals surface area (Å²) in [5, 5.41) is 12.2. The number of aliphatic hydroxyl groups excluding tert-OH is 1. The Labute approximate surface area is 169 Å². The molecule has 0 aliphatic heterocycles. The van der Waals surface area contributed by atoms with Crippen molar-refractivity contribution in [3.8, 4) is 11.5 Å². The van der Waals surface area contributed by atoms with Crippen molar-refractivity contribution >= 4 is 10.8 Å². The molecule has 2 rings (SSSR count). The topological polar surface area (TPSA) is 47.9 Å². The van der Waals surface area contributed by atoms with E-state index in [2.05, 4.69) is 13.8 Å². The van der Waals surface area contributed by atoms with Gasteiger partial charge >= 0.3 is 0 Å². The molecule has 2 aromatic rings. The van der Waals surface area contributed by atoms with Crippen molar-refractivity contribution in [3.63, 3.8) is 0 Å². The molecule has 1 N–H and O–H groups in total. The van der Waals surface area contributed by atoms with Crippen LogP contribution in [0.2, 0.25) is 0 Å². The molecule has 0 bridgehead atoms. The predicted molar refractivity (Wildman–Crippen MR) is 115 cm³/mol. The second-order valence-corrected chi connectivity index (χ2v) is 7.69. The summed E-state index contributed by atoms with van der Waals surface area (Å²) in [6, 6.07) is 11.9. The van der Waals surface area contributed by atoms with Crippen molar-refractivity contribution in [1.82, 2.24) is 0 Å². The van der Waals surface area contributed by atoms with Gasteiger partial charge in [-0.25, -0.2) is 0 Å². The van der Waals surface area contributed by atoms with Gasteiger partial charge in [0.05, 0.1) is 12.7 Å². The molecule has 2 aromatic carbocycles. The maximum absolute atomic E-state index is 10.2. The fourth-order valence-corrected chi connectivity index (χ4v) is 3.23. The molecular formula is C24H36O4. The number of aliphatic hydroxyl groups is 1. The number of benzene rings is 2. The molecule has 0 saturated carbocycles. The molecule has 0 heterocycles. The maximum atomic E-state index is 10.2. The Morgan fingerprint density at radius 2 is 1.57 bits per heavy atom. The molecule has 0 saturated heterocycles. The summed E-state index contributed by atoms with van der Waals surface area (Å²) in [5.41, 5.74) is 0. The molecule has 2 atom stereocenters. The molecule has 0 aliphatic rings. The van der Waals surface area contributed by atoms with Crippen LogP contribution in [-0.2, 0) is 4.74 Å². The van der Waals surface area contributed by atoms with E-state index in [1.807, 2.05) is 50.2 Å². The van der Waals surface area contributed by atoms with Crippen molar-refractivity contribution < 1.29 is 19.3 Å². The Morgan fingerprint density at radius 1 is 0.893 bits per heavy atom. The number of unbranched alkanes of at least 4 members (excludes halogenated alkanes) is 1. The Bertz CT molecular complexity index is 698. The van der Waals surface area contributed by atoms with E-state index in [0.717, 1.165) is 28.7 Å². The number of hydrogen-bond acceptors (Lipinski definition) is 4. The lowest BCUT2D eigenvalue weighted by Gasteiger charge is -2.18. The van der Waals surface area contributed by atoms with Crippen molar-refractivity contribution in [3.05, 3.63) is 36.4 Å². The van der Waals surface area contributed by atoms with Crippen molar-refractivity contribution in [2.75, 3.05) is 19.8 Å². The van der Waals surface area contributed by atoms with E-state index in [-0.39, 0.29) is 12.7 Å². The van der Waals surface area contributed by atoms with E-state index >= 15 is 0 Å². The van der Waals surface area contributed by atoms with Crippen LogP contribution in [0, 0.1) is 5.92 Å². The predicted octanol–water partition coefficient (Wildman–Crippen LogP) is 5.60. The zero-order chi connectivity index (χ0) is 20.4. The molecule has 4 nitrogen and oxygen atoms in total. The van der Waals surface area contributed by atoms with E-state index in [1.54, 1.807) is 0 Å². The fourth-order valence-electron chi connectivity index (χ4n) is 3.23. The van der Waals surface area contributed by atoms with E-state index < -0.39 is 6.10 Å². The van der Waals surface area contributed by atoms with Gasteiger partial charge in [0, 0.05) is 17.4 Å². The van der Waals surface area contributed by atoms with Gasteiger partial charge < -0.3 is 19.3 Å². The lowest BCUT2D eigenvalue weighted by Crippen LogP contribution is -2.25. The number of hydrogen-bond donors (Lipinski definition) is 1. The van der Waals surface area contributed by atoms with Crippen LogP contribution in [0.1, 0.15) is 53.4 Å². The van der Waals surface area contributed by atoms with Gasteiger partial charge in [0.1, 0.15) is 24.2 Å². The Hall–Kier alpha value is -1.78. The van der Waals surface area contributed by atoms with Crippen LogP contribution >= 0.6 is 0 Å². The zero-order valence-electron chi connectivity index (χ0n) is 17.8. The summed E-state index contributed by atoms with van der Waals surface area (Å²) in [4.78, 5) is 0. The highest BCUT2D eigenvalue weighted by Gasteiger charge is 2.12. The molecule has 28 heavy (non-hydrogen) atoms. The first-order valence-corrected chi connectivity index (χ1v) is 10.6. The average Bonchev–Trinajstić information content (AvgIpc) is 2.69. The molecule has 4 heteroatoms. The minimum absolute atomic E-state index is 0.110. The monoisotopic (exact) mass is 388 g/mol. The van der Waals surface area contributed by atoms with E-state index in [0.29, 0.717) is 19.1 Å².